The van der Waals surface area contributed by atoms with Gasteiger partial charge in [-0.05, 0) is 51.0 Å². The fourth-order valence-electron chi connectivity index (χ4n) is 5.18. The summed E-state index contributed by atoms with van der Waals surface area (Å²) in [7, 11) is 0. The number of carbonyl (C=O) groups excluding carboxylic acids is 1. The molecule has 0 spiro atoms. The molecule has 6 nitrogen and oxygen atoms in total. The predicted molar refractivity (Wildman–Crippen MR) is 120 cm³/mol. The first-order valence-electron chi connectivity index (χ1n) is 11.8. The average Bonchev–Trinajstić information content (AvgIpc) is 3.35. The predicted octanol–water partition coefficient (Wildman–Crippen LogP) is 3.62. The van der Waals surface area contributed by atoms with E-state index >= 15 is 0 Å². The molecule has 4 heterocycles. The van der Waals surface area contributed by atoms with Crippen LogP contribution >= 0.6 is 0 Å². The van der Waals surface area contributed by atoms with E-state index in [1.54, 1.807) is 0 Å². The molecule has 0 aliphatic carbocycles. The molecule has 2 aromatic rings. The normalized spacial score (nSPS) is 21.9. The van der Waals surface area contributed by atoms with Crippen LogP contribution < -0.4 is 4.90 Å². The number of hydrogen-bond acceptors (Lipinski definition) is 5. The molecular formula is C25H32N4O2. The van der Waals surface area contributed by atoms with Gasteiger partial charge in [-0.2, -0.15) is 0 Å². The lowest BCUT2D eigenvalue weighted by molar-refractivity contribution is -0.142. The standard InChI is InChI=1S/C25H32N4O2/c1-18-21-9-5-13-29(17-19-7-3-2-4-8-19)24(21)27-23(26-18)20-11-14-28(15-12-20)25(30)22-10-6-16-31-22/h2-4,7-8,20,22H,5-6,9-17H2,1H3/t22-/m1/s1. The number of hydrogen-bond donors (Lipinski definition) is 0. The maximum Gasteiger partial charge on any atom is 0.251 e. The SMILES string of the molecule is Cc1nc(C2CCN(C(=O)[C@H]3CCCO3)CC2)nc2c1CCCN2Cc1ccccc1. The number of nitrogens with zero attached hydrogens (tertiary/aromatic N) is 4. The number of benzene rings is 1. The first-order valence-corrected chi connectivity index (χ1v) is 11.8. The molecule has 0 unspecified atom stereocenters. The second-order valence-corrected chi connectivity index (χ2v) is 9.08. The number of aryl methyl sites for hydroxylation is 1. The van der Waals surface area contributed by atoms with Crippen molar-refractivity contribution >= 4 is 11.7 Å². The molecule has 2 saturated heterocycles. The highest BCUT2D eigenvalue weighted by molar-refractivity contribution is 5.81. The molecular weight excluding hydrogens is 388 g/mol. The second-order valence-electron chi connectivity index (χ2n) is 9.08. The molecule has 0 N–H and O–H groups in total. The smallest absolute Gasteiger partial charge is 0.251 e. The van der Waals surface area contributed by atoms with Gasteiger partial charge in [-0.15, -0.1) is 0 Å². The highest BCUT2D eigenvalue weighted by Crippen LogP contribution is 2.33. The molecule has 0 saturated carbocycles. The molecule has 1 atom stereocenters. The number of rotatable bonds is 4. The molecule has 3 aliphatic rings. The zero-order valence-corrected chi connectivity index (χ0v) is 18.4. The highest BCUT2D eigenvalue weighted by Gasteiger charge is 2.32. The fourth-order valence-corrected chi connectivity index (χ4v) is 5.18. The Morgan fingerprint density at radius 2 is 1.87 bits per heavy atom. The van der Waals surface area contributed by atoms with Gasteiger partial charge in [0.15, 0.2) is 0 Å². The summed E-state index contributed by atoms with van der Waals surface area (Å²) in [6, 6.07) is 10.6. The Kier molecular flexibility index (Phi) is 5.90. The third-order valence-corrected chi connectivity index (χ3v) is 6.96. The van der Waals surface area contributed by atoms with E-state index in [0.717, 1.165) is 82.0 Å². The minimum Gasteiger partial charge on any atom is -0.368 e. The van der Waals surface area contributed by atoms with Gasteiger partial charge in [0.2, 0.25) is 0 Å². The van der Waals surface area contributed by atoms with Gasteiger partial charge in [0.25, 0.3) is 5.91 Å². The van der Waals surface area contributed by atoms with E-state index in [2.05, 4.69) is 42.2 Å². The summed E-state index contributed by atoms with van der Waals surface area (Å²) in [4.78, 5) is 27.1. The largest absolute Gasteiger partial charge is 0.368 e. The van der Waals surface area contributed by atoms with Crippen molar-refractivity contribution in [2.45, 2.75) is 64.0 Å². The Morgan fingerprint density at radius 3 is 2.61 bits per heavy atom. The molecule has 1 amide bonds. The van der Waals surface area contributed by atoms with Gasteiger partial charge in [0.05, 0.1) is 0 Å². The van der Waals surface area contributed by atoms with Crippen LogP contribution in [-0.2, 0) is 22.5 Å². The number of ether oxygens (including phenoxy) is 1. The quantitative estimate of drug-likeness (QED) is 0.756. The van der Waals surface area contributed by atoms with Gasteiger partial charge < -0.3 is 14.5 Å². The molecule has 0 radical (unpaired) electrons. The maximum atomic E-state index is 12.7. The molecule has 6 heteroatoms. The number of carbonyl (C=O) groups is 1. The zero-order valence-electron chi connectivity index (χ0n) is 18.4. The number of aromatic nitrogens is 2. The Morgan fingerprint density at radius 1 is 1.06 bits per heavy atom. The van der Waals surface area contributed by atoms with Crippen LogP contribution in [0, 0.1) is 6.92 Å². The van der Waals surface area contributed by atoms with Crippen LogP contribution in [0.15, 0.2) is 30.3 Å². The van der Waals surface area contributed by atoms with E-state index in [1.807, 2.05) is 4.90 Å². The Labute approximate surface area is 184 Å². The van der Waals surface area contributed by atoms with Crippen LogP contribution in [0.25, 0.3) is 0 Å². The van der Waals surface area contributed by atoms with Crippen molar-refractivity contribution in [1.82, 2.24) is 14.9 Å². The van der Waals surface area contributed by atoms with E-state index in [4.69, 9.17) is 14.7 Å². The van der Waals surface area contributed by atoms with E-state index < -0.39 is 0 Å². The summed E-state index contributed by atoms with van der Waals surface area (Å²) in [6.45, 7) is 6.32. The Hall–Kier alpha value is -2.47. The van der Waals surface area contributed by atoms with E-state index in [-0.39, 0.29) is 12.0 Å². The van der Waals surface area contributed by atoms with Crippen molar-refractivity contribution in [2.24, 2.45) is 0 Å². The van der Waals surface area contributed by atoms with Gasteiger partial charge >= 0.3 is 0 Å². The Balaban J connectivity index is 1.31. The number of anilines is 1. The van der Waals surface area contributed by atoms with E-state index in [1.165, 1.54) is 11.1 Å². The molecule has 31 heavy (non-hydrogen) atoms. The summed E-state index contributed by atoms with van der Waals surface area (Å²) < 4.78 is 5.60. The van der Waals surface area contributed by atoms with E-state index in [9.17, 15) is 4.79 Å². The Bertz CT molecular complexity index is 919. The summed E-state index contributed by atoms with van der Waals surface area (Å²) >= 11 is 0. The van der Waals surface area contributed by atoms with Gasteiger partial charge in [-0.3, -0.25) is 4.79 Å². The van der Waals surface area contributed by atoms with Gasteiger partial charge in [0.1, 0.15) is 17.7 Å². The lowest BCUT2D eigenvalue weighted by atomic mass is 9.94. The third-order valence-electron chi connectivity index (χ3n) is 6.96. The topological polar surface area (TPSA) is 58.6 Å². The highest BCUT2D eigenvalue weighted by atomic mass is 16.5. The van der Waals surface area contributed by atoms with Crippen LogP contribution in [-0.4, -0.2) is 53.1 Å². The lowest BCUT2D eigenvalue weighted by Gasteiger charge is -2.34. The van der Waals surface area contributed by atoms with Gasteiger partial charge in [-0.1, -0.05) is 30.3 Å². The van der Waals surface area contributed by atoms with Crippen molar-refractivity contribution in [3.63, 3.8) is 0 Å². The molecule has 2 fully saturated rings. The van der Waals surface area contributed by atoms with Gasteiger partial charge in [0, 0.05) is 50.0 Å². The average molecular weight is 421 g/mol. The van der Waals surface area contributed by atoms with Crippen LogP contribution in [0.3, 0.4) is 0 Å². The number of likely N-dealkylation sites (tertiary alicyclic amines) is 1. The summed E-state index contributed by atoms with van der Waals surface area (Å²) in [5.41, 5.74) is 3.74. The minimum absolute atomic E-state index is 0.174. The fraction of sp³-hybridized carbons (Fsp3) is 0.560. The molecule has 5 rings (SSSR count). The first-order chi connectivity index (χ1) is 15.2. The number of amides is 1. The van der Waals surface area contributed by atoms with Crippen LogP contribution in [0.5, 0.6) is 0 Å². The van der Waals surface area contributed by atoms with Crippen LogP contribution in [0.2, 0.25) is 0 Å². The summed E-state index contributed by atoms with van der Waals surface area (Å²) in [5, 5.41) is 0. The van der Waals surface area contributed by atoms with Crippen molar-refractivity contribution in [1.29, 1.82) is 0 Å². The zero-order chi connectivity index (χ0) is 21.2. The third kappa shape index (κ3) is 4.31. The summed E-state index contributed by atoms with van der Waals surface area (Å²) in [5.74, 6) is 2.57. The number of fused-ring (bicyclic) bond motifs is 1. The summed E-state index contributed by atoms with van der Waals surface area (Å²) in [6.07, 6.45) is 5.70. The van der Waals surface area contributed by atoms with Crippen LogP contribution in [0.4, 0.5) is 5.82 Å². The molecule has 1 aromatic heterocycles. The second kappa shape index (κ2) is 8.95. The molecule has 164 valence electrons. The number of piperidine rings is 1. The lowest BCUT2D eigenvalue weighted by Crippen LogP contribution is -2.43. The minimum atomic E-state index is -0.217. The van der Waals surface area contributed by atoms with Crippen molar-refractivity contribution in [2.75, 3.05) is 31.1 Å². The molecule has 0 bridgehead atoms. The van der Waals surface area contributed by atoms with E-state index in [0.29, 0.717) is 12.5 Å². The first kappa shape index (κ1) is 20.4. The maximum absolute atomic E-state index is 12.7. The molecule has 3 aliphatic heterocycles. The van der Waals surface area contributed by atoms with Crippen molar-refractivity contribution in [3.05, 3.63) is 53.0 Å². The van der Waals surface area contributed by atoms with Crippen molar-refractivity contribution < 1.29 is 9.53 Å². The van der Waals surface area contributed by atoms with Crippen LogP contribution in [0.1, 0.15) is 60.7 Å². The van der Waals surface area contributed by atoms with Crippen molar-refractivity contribution in [3.8, 4) is 0 Å². The monoisotopic (exact) mass is 420 g/mol. The van der Waals surface area contributed by atoms with Gasteiger partial charge in [-0.25, -0.2) is 9.97 Å². The molecule has 1 aromatic carbocycles.